The molecule has 35 heavy (non-hydrogen) atoms. The number of aromatic nitrogens is 1. The number of nitrogens with zero attached hydrogens (tertiary/aromatic N) is 2. The van der Waals surface area contributed by atoms with Gasteiger partial charge in [0.05, 0.1) is 13.1 Å². The molecule has 3 atom stereocenters. The van der Waals surface area contributed by atoms with E-state index in [9.17, 15) is 14.7 Å². The first-order valence-electron chi connectivity index (χ1n) is 12.0. The van der Waals surface area contributed by atoms with Crippen molar-refractivity contribution in [1.29, 1.82) is 0 Å². The topological polar surface area (TPSA) is 116 Å². The predicted octanol–water partition coefficient (Wildman–Crippen LogP) is 2.60. The Morgan fingerprint density at radius 2 is 1.80 bits per heavy atom. The van der Waals surface area contributed by atoms with E-state index in [-0.39, 0.29) is 5.92 Å². The predicted molar refractivity (Wildman–Crippen MR) is 127 cm³/mol. The number of aliphatic hydroxyl groups is 1. The van der Waals surface area contributed by atoms with Gasteiger partial charge in [0.1, 0.15) is 12.8 Å². The molecule has 0 radical (unpaired) electrons. The summed E-state index contributed by atoms with van der Waals surface area (Å²) in [5.41, 5.74) is 6.08. The quantitative estimate of drug-likeness (QED) is 0.400. The normalized spacial score (nSPS) is 26.0. The molecule has 1 amide bonds. The molecule has 3 saturated heterocycles. The van der Waals surface area contributed by atoms with Crippen LogP contribution in [0.1, 0.15) is 41.3 Å². The molecular formula is C27H30N3O5+. The van der Waals surface area contributed by atoms with E-state index >= 15 is 0 Å². The van der Waals surface area contributed by atoms with Gasteiger partial charge in [0.15, 0.2) is 11.8 Å². The maximum Gasteiger partial charge on any atom is 0.348 e. The monoisotopic (exact) mass is 476 g/mol. The summed E-state index contributed by atoms with van der Waals surface area (Å²) in [4.78, 5) is 26.4. The van der Waals surface area contributed by atoms with E-state index in [2.05, 4.69) is 5.16 Å². The molecule has 4 heterocycles. The number of hydrogen-bond donors (Lipinski definition) is 2. The van der Waals surface area contributed by atoms with Crippen LogP contribution in [0.3, 0.4) is 0 Å². The fourth-order valence-corrected chi connectivity index (χ4v) is 5.98. The van der Waals surface area contributed by atoms with Crippen LogP contribution in [0.5, 0.6) is 0 Å². The van der Waals surface area contributed by atoms with E-state index in [1.807, 2.05) is 25.1 Å². The Bertz CT molecular complexity index is 1200. The van der Waals surface area contributed by atoms with Crippen LogP contribution in [-0.2, 0) is 19.9 Å². The Morgan fingerprint density at radius 3 is 2.43 bits per heavy atom. The molecule has 2 aromatic carbocycles. The van der Waals surface area contributed by atoms with E-state index in [0.29, 0.717) is 27.8 Å². The highest BCUT2D eigenvalue weighted by molar-refractivity contribution is 5.86. The van der Waals surface area contributed by atoms with Gasteiger partial charge in [0.2, 0.25) is 11.6 Å². The van der Waals surface area contributed by atoms with Crippen LogP contribution in [-0.4, -0.2) is 52.4 Å². The minimum atomic E-state index is -1.96. The molecule has 3 N–H and O–H groups in total. The largest absolute Gasteiger partial charge is 0.453 e. The fraction of sp³-hybridized carbons (Fsp3) is 0.370. The zero-order valence-electron chi connectivity index (χ0n) is 19.7. The maximum atomic E-state index is 13.8. The number of quaternary nitrogens is 1. The van der Waals surface area contributed by atoms with Crippen molar-refractivity contribution in [3.05, 3.63) is 89.3 Å². The number of hydrogen-bond acceptors (Lipinski definition) is 6. The first kappa shape index (κ1) is 23.3. The molecule has 0 aliphatic carbocycles. The van der Waals surface area contributed by atoms with Crippen molar-refractivity contribution < 1.29 is 28.4 Å². The lowest BCUT2D eigenvalue weighted by Gasteiger charge is -2.54. The van der Waals surface area contributed by atoms with Gasteiger partial charge in [-0.15, -0.1) is 0 Å². The number of piperidine rings is 3. The van der Waals surface area contributed by atoms with Crippen molar-refractivity contribution in [1.82, 2.24) is 5.16 Å². The van der Waals surface area contributed by atoms with E-state index in [1.54, 1.807) is 42.5 Å². The number of fused-ring (bicyclic) bond motifs is 3. The highest BCUT2D eigenvalue weighted by Crippen LogP contribution is 2.43. The van der Waals surface area contributed by atoms with Crippen molar-refractivity contribution in [2.45, 2.75) is 37.5 Å². The molecule has 6 rings (SSSR count). The first-order valence-corrected chi connectivity index (χ1v) is 12.0. The summed E-state index contributed by atoms with van der Waals surface area (Å²) in [6, 6.07) is 17.1. The van der Waals surface area contributed by atoms with Gasteiger partial charge in [-0.1, -0.05) is 59.8 Å². The number of benzene rings is 2. The van der Waals surface area contributed by atoms with Gasteiger partial charge in [-0.25, -0.2) is 4.79 Å². The fourth-order valence-electron chi connectivity index (χ4n) is 5.98. The number of aryl methyl sites for hydroxylation is 1. The number of primary amides is 1. The Labute approximate surface area is 203 Å². The molecule has 1 aromatic heterocycles. The minimum Gasteiger partial charge on any atom is -0.453 e. The first-order chi connectivity index (χ1) is 16.8. The third kappa shape index (κ3) is 3.92. The Morgan fingerprint density at radius 1 is 1.11 bits per heavy atom. The number of nitrogens with two attached hydrogens (primary N) is 1. The van der Waals surface area contributed by atoms with E-state index in [1.165, 1.54) is 6.26 Å². The highest BCUT2D eigenvalue weighted by atomic mass is 16.6. The number of carbonyl (C=O) groups excluding carboxylic acids is 2. The summed E-state index contributed by atoms with van der Waals surface area (Å²) in [5.74, 6) is -1.04. The molecule has 3 aromatic rings. The number of esters is 1. The van der Waals surface area contributed by atoms with E-state index < -0.39 is 29.6 Å². The van der Waals surface area contributed by atoms with Crippen molar-refractivity contribution in [3.63, 3.8) is 0 Å². The second-order valence-electron chi connectivity index (χ2n) is 9.75. The van der Waals surface area contributed by atoms with Crippen LogP contribution < -0.4 is 5.73 Å². The van der Waals surface area contributed by atoms with Crippen LogP contribution in [0.15, 0.2) is 71.4 Å². The van der Waals surface area contributed by atoms with Crippen LogP contribution in [0.25, 0.3) is 0 Å². The molecule has 2 bridgehead atoms. The van der Waals surface area contributed by atoms with Gasteiger partial charge in [-0.3, -0.25) is 4.79 Å². The second-order valence-corrected chi connectivity index (χ2v) is 9.75. The smallest absolute Gasteiger partial charge is 0.348 e. The summed E-state index contributed by atoms with van der Waals surface area (Å²) in [7, 11) is 0. The Kier molecular flexibility index (Phi) is 5.94. The molecule has 8 nitrogen and oxygen atoms in total. The second kappa shape index (κ2) is 8.94. The van der Waals surface area contributed by atoms with Crippen LogP contribution in [0.2, 0.25) is 0 Å². The molecule has 3 fully saturated rings. The van der Waals surface area contributed by atoms with Crippen molar-refractivity contribution in [3.8, 4) is 0 Å². The van der Waals surface area contributed by atoms with Gasteiger partial charge in [0, 0.05) is 30.4 Å². The van der Waals surface area contributed by atoms with Gasteiger partial charge < -0.3 is 24.6 Å². The van der Waals surface area contributed by atoms with Crippen molar-refractivity contribution >= 4 is 11.9 Å². The highest BCUT2D eigenvalue weighted by Gasteiger charge is 2.55. The number of ether oxygens (including phenoxy) is 1. The van der Waals surface area contributed by atoms with Crippen LogP contribution >= 0.6 is 0 Å². The molecule has 0 saturated carbocycles. The molecule has 3 aliphatic heterocycles. The zero-order chi connectivity index (χ0) is 24.6. The average molecular weight is 477 g/mol. The molecule has 8 heteroatoms. The zero-order valence-corrected chi connectivity index (χ0v) is 19.7. The van der Waals surface area contributed by atoms with Gasteiger partial charge in [0.25, 0.3) is 5.91 Å². The van der Waals surface area contributed by atoms with Crippen molar-refractivity contribution in [2.24, 2.45) is 11.7 Å². The summed E-state index contributed by atoms with van der Waals surface area (Å²) < 4.78 is 11.5. The van der Waals surface area contributed by atoms with Gasteiger partial charge in [-0.05, 0) is 18.1 Å². The number of carbonyl (C=O) groups is 2. The lowest BCUT2D eigenvalue weighted by molar-refractivity contribution is -0.965. The lowest BCUT2D eigenvalue weighted by atomic mass is 9.80. The minimum absolute atomic E-state index is 0.154. The lowest BCUT2D eigenvalue weighted by Crippen LogP contribution is -2.67. The molecule has 2 unspecified atom stereocenters. The van der Waals surface area contributed by atoms with Crippen LogP contribution in [0, 0.1) is 12.8 Å². The standard InChI is InChI=1S/C27H29N3O5/c1-18-7-5-6-10-21(18)27(33,20-8-3-2-4-9-20)26(32)35-23-17-30(14-11-19(23)12-15-30)24(25(28)31)22-13-16-34-29-22/h2-10,13,16,19,23-24,33H,11-12,14-15,17H2,1H3,(H-,28,31)/p+1/t19?,23-,24?,27?,30?/m0/s1. The van der Waals surface area contributed by atoms with Crippen LogP contribution in [0.4, 0.5) is 0 Å². The summed E-state index contributed by atoms with van der Waals surface area (Å²) >= 11 is 0. The van der Waals surface area contributed by atoms with E-state index in [4.69, 9.17) is 15.0 Å². The maximum absolute atomic E-state index is 13.8. The Hall–Kier alpha value is -3.49. The van der Waals surface area contributed by atoms with Gasteiger partial charge in [-0.2, -0.15) is 0 Å². The molecule has 0 spiro atoms. The van der Waals surface area contributed by atoms with Gasteiger partial charge >= 0.3 is 5.97 Å². The molecule has 182 valence electrons. The summed E-state index contributed by atoms with van der Waals surface area (Å²) in [6.45, 7) is 3.76. The SMILES string of the molecule is Cc1ccccc1C(O)(C(=O)O[C@H]1C[N+]2(C(C(N)=O)c3ccon3)CCC1CC2)c1ccccc1. The third-order valence-electron chi connectivity index (χ3n) is 7.80. The summed E-state index contributed by atoms with van der Waals surface area (Å²) in [5, 5.41) is 15.9. The molecule has 3 aliphatic rings. The van der Waals surface area contributed by atoms with E-state index in [0.717, 1.165) is 31.5 Å². The summed E-state index contributed by atoms with van der Waals surface area (Å²) in [6.07, 6.45) is 2.54. The Balaban J connectivity index is 1.48. The average Bonchev–Trinajstić information content (AvgIpc) is 3.38. The number of amides is 1. The van der Waals surface area contributed by atoms with Crippen molar-refractivity contribution in [2.75, 3.05) is 19.6 Å². The molecular weight excluding hydrogens is 446 g/mol. The third-order valence-corrected chi connectivity index (χ3v) is 7.80. The number of rotatable bonds is 7.